The van der Waals surface area contributed by atoms with Crippen molar-refractivity contribution in [3.8, 4) is 0 Å². The first-order valence-corrected chi connectivity index (χ1v) is 5.94. The van der Waals surface area contributed by atoms with Crippen LogP contribution in [0.25, 0.3) is 6.08 Å². The summed E-state index contributed by atoms with van der Waals surface area (Å²) in [5.41, 5.74) is 0.848. The van der Waals surface area contributed by atoms with E-state index in [9.17, 15) is 9.59 Å². The molecule has 1 atom stereocenters. The van der Waals surface area contributed by atoms with E-state index >= 15 is 0 Å². The van der Waals surface area contributed by atoms with Crippen molar-refractivity contribution in [2.45, 2.75) is 5.79 Å². The second-order valence-corrected chi connectivity index (χ2v) is 4.08. The molecule has 1 aromatic carbocycles. The van der Waals surface area contributed by atoms with Gasteiger partial charge < -0.3 is 14.2 Å². The number of hydrogen-bond donors (Lipinski definition) is 0. The lowest BCUT2D eigenvalue weighted by molar-refractivity contribution is -0.201. The summed E-state index contributed by atoms with van der Waals surface area (Å²) in [6, 6.07) is 9.29. The first-order chi connectivity index (χ1) is 9.61. The highest BCUT2D eigenvalue weighted by molar-refractivity contribution is 6.09. The smallest absolute Gasteiger partial charge is 0.337 e. The van der Waals surface area contributed by atoms with Crippen molar-refractivity contribution in [3.63, 3.8) is 0 Å². The van der Waals surface area contributed by atoms with Gasteiger partial charge in [-0.05, 0) is 11.6 Å². The molecule has 0 radical (unpaired) electrons. The first-order valence-electron chi connectivity index (χ1n) is 5.94. The minimum atomic E-state index is -1.78. The second-order valence-electron chi connectivity index (χ2n) is 4.08. The molecule has 0 saturated heterocycles. The summed E-state index contributed by atoms with van der Waals surface area (Å²) in [5, 5.41) is 0. The highest BCUT2D eigenvalue weighted by atomic mass is 16.7. The Labute approximate surface area is 116 Å². The summed E-state index contributed by atoms with van der Waals surface area (Å²) in [5.74, 6) is -3.14. The van der Waals surface area contributed by atoms with Crippen molar-refractivity contribution in [1.29, 1.82) is 0 Å². The Balaban J connectivity index is 2.35. The third-order valence-corrected chi connectivity index (χ3v) is 2.86. The summed E-state index contributed by atoms with van der Waals surface area (Å²) in [4.78, 5) is 23.7. The van der Waals surface area contributed by atoms with Crippen molar-refractivity contribution in [2.75, 3.05) is 14.2 Å². The Hall–Kier alpha value is -2.40. The lowest BCUT2D eigenvalue weighted by atomic mass is 10.0. The maximum absolute atomic E-state index is 12.2. The van der Waals surface area contributed by atoms with Gasteiger partial charge in [-0.25, -0.2) is 4.79 Å². The zero-order valence-corrected chi connectivity index (χ0v) is 11.2. The third kappa shape index (κ3) is 2.62. The molecule has 104 valence electrons. The standard InChI is InChI=1S/C15H14O5/c1-18-12-10-13(16)20-15(19-2,14(12)17)9-8-11-6-4-3-5-7-11/h3-10H,1-2H3/b9-8+. The number of rotatable bonds is 4. The van der Waals surface area contributed by atoms with Gasteiger partial charge in [0.05, 0.1) is 13.2 Å². The molecule has 5 nitrogen and oxygen atoms in total. The number of ether oxygens (including phenoxy) is 3. The number of hydrogen-bond acceptors (Lipinski definition) is 5. The Morgan fingerprint density at radius 2 is 1.85 bits per heavy atom. The Kier molecular flexibility index (Phi) is 4.00. The van der Waals surface area contributed by atoms with E-state index in [0.717, 1.165) is 11.6 Å². The van der Waals surface area contributed by atoms with Crippen LogP contribution in [0.5, 0.6) is 0 Å². The highest BCUT2D eigenvalue weighted by Crippen LogP contribution is 2.26. The molecule has 1 heterocycles. The van der Waals surface area contributed by atoms with E-state index in [2.05, 4.69) is 0 Å². The van der Waals surface area contributed by atoms with Crippen LogP contribution in [0.2, 0.25) is 0 Å². The number of ketones is 1. The molecule has 0 saturated carbocycles. The number of carbonyl (C=O) groups excluding carboxylic acids is 2. The van der Waals surface area contributed by atoms with Gasteiger partial charge >= 0.3 is 11.8 Å². The van der Waals surface area contributed by atoms with Gasteiger partial charge in [0.15, 0.2) is 5.76 Å². The monoisotopic (exact) mass is 274 g/mol. The van der Waals surface area contributed by atoms with Crippen molar-refractivity contribution in [1.82, 2.24) is 0 Å². The molecular formula is C15H14O5. The zero-order chi connectivity index (χ0) is 14.6. The normalized spacial score (nSPS) is 22.6. The van der Waals surface area contributed by atoms with Crippen LogP contribution in [-0.2, 0) is 23.8 Å². The van der Waals surface area contributed by atoms with E-state index in [1.165, 1.54) is 20.3 Å². The van der Waals surface area contributed by atoms with Gasteiger partial charge in [-0.15, -0.1) is 0 Å². The fourth-order valence-electron chi connectivity index (χ4n) is 1.80. The number of benzene rings is 1. The number of cyclic esters (lactones) is 1. The molecule has 5 heteroatoms. The maximum Gasteiger partial charge on any atom is 0.337 e. The number of methoxy groups -OCH3 is 2. The lowest BCUT2D eigenvalue weighted by Crippen LogP contribution is -2.47. The topological polar surface area (TPSA) is 61.8 Å². The second kappa shape index (κ2) is 5.71. The van der Waals surface area contributed by atoms with Crippen LogP contribution in [0.4, 0.5) is 0 Å². The predicted molar refractivity (Wildman–Crippen MR) is 71.4 cm³/mol. The van der Waals surface area contributed by atoms with Crippen LogP contribution in [0, 0.1) is 0 Å². The molecule has 0 fully saturated rings. The quantitative estimate of drug-likeness (QED) is 0.782. The molecule has 0 amide bonds. The average molecular weight is 274 g/mol. The van der Waals surface area contributed by atoms with Gasteiger partial charge in [-0.1, -0.05) is 36.4 Å². The molecule has 20 heavy (non-hydrogen) atoms. The molecule has 1 unspecified atom stereocenters. The number of esters is 1. The van der Waals surface area contributed by atoms with E-state index in [-0.39, 0.29) is 5.76 Å². The molecule has 0 aromatic heterocycles. The average Bonchev–Trinajstić information content (AvgIpc) is 2.49. The van der Waals surface area contributed by atoms with Gasteiger partial charge in [-0.3, -0.25) is 4.79 Å². The molecule has 2 rings (SSSR count). The molecule has 0 bridgehead atoms. The summed E-state index contributed by atoms with van der Waals surface area (Å²) < 4.78 is 15.0. The van der Waals surface area contributed by atoms with Crippen molar-refractivity contribution in [2.24, 2.45) is 0 Å². The minimum Gasteiger partial charge on any atom is -0.492 e. The van der Waals surface area contributed by atoms with Crippen LogP contribution in [0.15, 0.2) is 48.2 Å². The molecule has 0 aliphatic carbocycles. The van der Waals surface area contributed by atoms with Gasteiger partial charge in [0.2, 0.25) is 0 Å². The lowest BCUT2D eigenvalue weighted by Gasteiger charge is -2.30. The van der Waals surface area contributed by atoms with Crippen LogP contribution >= 0.6 is 0 Å². The molecule has 1 aromatic rings. The van der Waals surface area contributed by atoms with E-state index in [4.69, 9.17) is 14.2 Å². The largest absolute Gasteiger partial charge is 0.492 e. The van der Waals surface area contributed by atoms with E-state index in [0.29, 0.717) is 0 Å². The molecule has 1 aliphatic rings. The Morgan fingerprint density at radius 1 is 1.15 bits per heavy atom. The van der Waals surface area contributed by atoms with Crippen LogP contribution in [0.1, 0.15) is 5.56 Å². The summed E-state index contributed by atoms with van der Waals surface area (Å²) in [6.45, 7) is 0. The van der Waals surface area contributed by atoms with Crippen LogP contribution in [0.3, 0.4) is 0 Å². The predicted octanol–water partition coefficient (Wildman–Crippen LogP) is 1.70. The SMILES string of the molecule is COC1=CC(=O)OC(/C=C/c2ccccc2)(OC)C1=O. The molecule has 0 spiro atoms. The Bertz CT molecular complexity index is 573. The van der Waals surface area contributed by atoms with E-state index in [1.54, 1.807) is 6.08 Å². The maximum atomic E-state index is 12.2. The fraction of sp³-hybridized carbons (Fsp3) is 0.200. The molecular weight excluding hydrogens is 260 g/mol. The van der Waals surface area contributed by atoms with E-state index < -0.39 is 17.5 Å². The van der Waals surface area contributed by atoms with Crippen LogP contribution < -0.4 is 0 Å². The molecule has 0 N–H and O–H groups in total. The summed E-state index contributed by atoms with van der Waals surface area (Å²) >= 11 is 0. The highest BCUT2D eigenvalue weighted by Gasteiger charge is 2.46. The Morgan fingerprint density at radius 3 is 2.45 bits per heavy atom. The van der Waals surface area contributed by atoms with Gasteiger partial charge in [0.1, 0.15) is 0 Å². The summed E-state index contributed by atoms with van der Waals surface area (Å²) in [7, 11) is 2.60. The summed E-state index contributed by atoms with van der Waals surface area (Å²) in [6.07, 6.45) is 4.04. The molecule has 1 aliphatic heterocycles. The number of Topliss-reactive ketones (excluding diaryl/α,β-unsaturated/α-hetero) is 1. The van der Waals surface area contributed by atoms with Crippen molar-refractivity contribution in [3.05, 3.63) is 53.8 Å². The van der Waals surface area contributed by atoms with Gasteiger partial charge in [0, 0.05) is 7.11 Å². The fourth-order valence-corrected chi connectivity index (χ4v) is 1.80. The van der Waals surface area contributed by atoms with Crippen molar-refractivity contribution >= 4 is 17.8 Å². The number of carbonyl (C=O) groups is 2. The third-order valence-electron chi connectivity index (χ3n) is 2.86. The van der Waals surface area contributed by atoms with E-state index in [1.807, 2.05) is 30.3 Å². The first kappa shape index (κ1) is 14.0. The minimum absolute atomic E-state index is 0.0965. The zero-order valence-electron chi connectivity index (χ0n) is 11.2. The van der Waals surface area contributed by atoms with Gasteiger partial charge in [0.25, 0.3) is 5.78 Å². The van der Waals surface area contributed by atoms with Crippen molar-refractivity contribution < 1.29 is 23.8 Å². The van der Waals surface area contributed by atoms with Gasteiger partial charge in [-0.2, -0.15) is 0 Å². The van der Waals surface area contributed by atoms with Crippen LogP contribution in [-0.4, -0.2) is 31.8 Å².